The van der Waals surface area contributed by atoms with Gasteiger partial charge in [0.15, 0.2) is 11.5 Å². The van der Waals surface area contributed by atoms with Crippen LogP contribution in [-0.4, -0.2) is 36.8 Å². The van der Waals surface area contributed by atoms with Crippen molar-refractivity contribution in [2.75, 3.05) is 21.3 Å². The molecule has 0 saturated heterocycles. The van der Waals surface area contributed by atoms with Crippen molar-refractivity contribution in [2.24, 2.45) is 0 Å². The molecule has 0 aliphatic carbocycles. The van der Waals surface area contributed by atoms with Gasteiger partial charge in [-0.2, -0.15) is 0 Å². The molecule has 1 aromatic carbocycles. The minimum absolute atomic E-state index is 0.214. The zero-order valence-electron chi connectivity index (χ0n) is 19.7. The minimum atomic E-state index is -0.214. The number of nitrogens with one attached hydrogen (secondary N) is 1. The Bertz CT molecular complexity index is 1230. The number of esters is 1. The number of aryl methyl sites for hydroxylation is 1. The highest BCUT2D eigenvalue weighted by Gasteiger charge is 2.26. The first-order chi connectivity index (χ1) is 16.1. The second-order valence-electron chi connectivity index (χ2n) is 7.97. The van der Waals surface area contributed by atoms with Gasteiger partial charge in [0, 0.05) is 52.1 Å². The molecular formula is C27H30N2O4. The van der Waals surface area contributed by atoms with E-state index in [9.17, 15) is 4.79 Å². The molecule has 1 aliphatic heterocycles. The molecule has 3 heterocycles. The van der Waals surface area contributed by atoms with Gasteiger partial charge in [0.25, 0.3) is 0 Å². The van der Waals surface area contributed by atoms with Gasteiger partial charge in [-0.05, 0) is 49.6 Å². The van der Waals surface area contributed by atoms with E-state index in [0.29, 0.717) is 18.6 Å². The van der Waals surface area contributed by atoms with Gasteiger partial charge >= 0.3 is 5.97 Å². The highest BCUT2D eigenvalue weighted by Crippen LogP contribution is 2.43. The van der Waals surface area contributed by atoms with Crippen molar-refractivity contribution in [3.05, 3.63) is 59.6 Å². The van der Waals surface area contributed by atoms with Crippen LogP contribution in [0.4, 0.5) is 0 Å². The SMILES string of the molecule is C=Cc1[nH]cc(-c2cc3n(c2CCC(=O)OC)CCc2cc(OC)c(OC)cc2-3)c1/C=C\C. The molecule has 0 radical (unpaired) electrons. The molecule has 1 aliphatic rings. The maximum Gasteiger partial charge on any atom is 0.305 e. The van der Waals surface area contributed by atoms with Gasteiger partial charge in [-0.25, -0.2) is 0 Å². The number of carbonyl (C=O) groups is 1. The Morgan fingerprint density at radius 3 is 2.55 bits per heavy atom. The summed E-state index contributed by atoms with van der Waals surface area (Å²) < 4.78 is 18.4. The molecule has 33 heavy (non-hydrogen) atoms. The van der Waals surface area contributed by atoms with Gasteiger partial charge in [-0.15, -0.1) is 0 Å². The Hall–Kier alpha value is -3.67. The quantitative estimate of drug-likeness (QED) is 0.464. The molecule has 0 spiro atoms. The second kappa shape index (κ2) is 9.45. The van der Waals surface area contributed by atoms with Crippen LogP contribution < -0.4 is 9.47 Å². The van der Waals surface area contributed by atoms with Crippen LogP contribution in [0.5, 0.6) is 11.5 Å². The highest BCUT2D eigenvalue weighted by molar-refractivity contribution is 5.85. The van der Waals surface area contributed by atoms with E-state index in [1.54, 1.807) is 14.2 Å². The number of hydrogen-bond acceptors (Lipinski definition) is 4. The molecule has 3 aromatic rings. The molecule has 0 unspecified atom stereocenters. The normalized spacial score (nSPS) is 12.4. The van der Waals surface area contributed by atoms with Crippen molar-refractivity contribution in [1.82, 2.24) is 9.55 Å². The summed E-state index contributed by atoms with van der Waals surface area (Å²) in [6.07, 6.45) is 9.74. The molecule has 172 valence electrons. The van der Waals surface area contributed by atoms with Crippen molar-refractivity contribution in [3.8, 4) is 33.9 Å². The molecule has 0 fully saturated rings. The second-order valence-corrected chi connectivity index (χ2v) is 7.97. The molecular weight excluding hydrogens is 416 g/mol. The van der Waals surface area contributed by atoms with Crippen LogP contribution in [-0.2, 0) is 28.9 Å². The van der Waals surface area contributed by atoms with Crippen molar-refractivity contribution in [3.63, 3.8) is 0 Å². The lowest BCUT2D eigenvalue weighted by molar-refractivity contribution is -0.140. The van der Waals surface area contributed by atoms with E-state index in [-0.39, 0.29) is 5.97 Å². The summed E-state index contributed by atoms with van der Waals surface area (Å²) in [5.74, 6) is 1.22. The first-order valence-corrected chi connectivity index (χ1v) is 11.1. The fourth-order valence-electron chi connectivity index (χ4n) is 4.68. The third-order valence-electron chi connectivity index (χ3n) is 6.27. The van der Waals surface area contributed by atoms with E-state index in [1.165, 1.54) is 12.7 Å². The van der Waals surface area contributed by atoms with E-state index < -0.39 is 0 Å². The lowest BCUT2D eigenvalue weighted by Crippen LogP contribution is -2.15. The fraction of sp³-hybridized carbons (Fsp3) is 0.296. The standard InChI is InChI=1S/C27H30N2O4/c1-6-8-18-21(16-28-22(18)7-2)20-14-24-19-15-26(32-4)25(31-3)13-17(19)11-12-29(24)23(20)9-10-27(30)33-5/h6-8,13-16,28H,2,9-12H2,1,3-5H3/b8-6-. The summed E-state index contributed by atoms with van der Waals surface area (Å²) in [6.45, 7) is 6.77. The number of nitrogens with zero attached hydrogens (tertiary/aromatic N) is 1. The van der Waals surface area contributed by atoms with Crippen LogP contribution in [0.2, 0.25) is 0 Å². The average Bonchev–Trinajstić information content (AvgIpc) is 3.42. The third kappa shape index (κ3) is 3.97. The van der Waals surface area contributed by atoms with Gasteiger partial charge < -0.3 is 23.8 Å². The number of ether oxygens (including phenoxy) is 3. The first kappa shape index (κ1) is 22.5. The molecule has 6 nitrogen and oxygen atoms in total. The summed E-state index contributed by atoms with van der Waals surface area (Å²) in [7, 11) is 4.74. The topological polar surface area (TPSA) is 65.5 Å². The summed E-state index contributed by atoms with van der Waals surface area (Å²) >= 11 is 0. The number of hydrogen-bond donors (Lipinski definition) is 1. The van der Waals surface area contributed by atoms with Gasteiger partial charge in [-0.1, -0.05) is 18.7 Å². The van der Waals surface area contributed by atoms with Gasteiger partial charge in [0.1, 0.15) is 0 Å². The van der Waals surface area contributed by atoms with Crippen LogP contribution in [0.3, 0.4) is 0 Å². The molecule has 0 saturated carbocycles. The number of fused-ring (bicyclic) bond motifs is 3. The average molecular weight is 447 g/mol. The number of benzene rings is 1. The largest absolute Gasteiger partial charge is 0.493 e. The maximum atomic E-state index is 12.0. The maximum absolute atomic E-state index is 12.0. The van der Waals surface area contributed by atoms with Gasteiger partial charge in [0.2, 0.25) is 0 Å². The van der Waals surface area contributed by atoms with E-state index in [1.807, 2.05) is 31.3 Å². The van der Waals surface area contributed by atoms with Crippen LogP contribution in [0.1, 0.15) is 35.9 Å². The molecule has 0 atom stereocenters. The number of H-pyrrole nitrogens is 1. The zero-order chi connectivity index (χ0) is 23.5. The van der Waals surface area contributed by atoms with E-state index >= 15 is 0 Å². The summed E-state index contributed by atoms with van der Waals surface area (Å²) in [5.41, 5.74) is 8.83. The van der Waals surface area contributed by atoms with Crippen molar-refractivity contribution in [1.29, 1.82) is 0 Å². The Morgan fingerprint density at radius 1 is 1.12 bits per heavy atom. The van der Waals surface area contributed by atoms with Crippen LogP contribution in [0.25, 0.3) is 34.5 Å². The van der Waals surface area contributed by atoms with Crippen LogP contribution >= 0.6 is 0 Å². The molecule has 0 amide bonds. The lowest BCUT2D eigenvalue weighted by Gasteiger charge is -2.23. The van der Waals surface area contributed by atoms with Crippen molar-refractivity contribution >= 4 is 18.1 Å². The predicted octanol–water partition coefficient (Wildman–Crippen LogP) is 5.51. The molecule has 4 rings (SSSR count). The van der Waals surface area contributed by atoms with E-state index in [4.69, 9.17) is 14.2 Å². The number of aromatic amines is 1. The number of methoxy groups -OCH3 is 3. The van der Waals surface area contributed by atoms with Crippen LogP contribution in [0, 0.1) is 0 Å². The molecule has 6 heteroatoms. The van der Waals surface area contributed by atoms with E-state index in [2.05, 4.69) is 34.3 Å². The first-order valence-electron chi connectivity index (χ1n) is 11.1. The number of aromatic nitrogens is 2. The summed E-state index contributed by atoms with van der Waals surface area (Å²) in [5, 5.41) is 0. The summed E-state index contributed by atoms with van der Waals surface area (Å²) in [6, 6.07) is 6.33. The number of carbonyl (C=O) groups excluding carboxylic acids is 1. The van der Waals surface area contributed by atoms with Crippen LogP contribution in [0.15, 0.2) is 37.1 Å². The lowest BCUT2D eigenvalue weighted by atomic mass is 9.97. The third-order valence-corrected chi connectivity index (χ3v) is 6.27. The number of allylic oxidation sites excluding steroid dienone is 1. The zero-order valence-corrected chi connectivity index (χ0v) is 19.7. The predicted molar refractivity (Wildman–Crippen MR) is 132 cm³/mol. The summed E-state index contributed by atoms with van der Waals surface area (Å²) in [4.78, 5) is 15.3. The monoisotopic (exact) mass is 446 g/mol. The Kier molecular flexibility index (Phi) is 6.45. The minimum Gasteiger partial charge on any atom is -0.493 e. The Balaban J connectivity index is 1.93. The highest BCUT2D eigenvalue weighted by atomic mass is 16.5. The smallest absolute Gasteiger partial charge is 0.305 e. The van der Waals surface area contributed by atoms with Crippen molar-refractivity contribution in [2.45, 2.75) is 32.7 Å². The molecule has 0 bridgehead atoms. The number of rotatable bonds is 8. The Morgan fingerprint density at radius 2 is 1.88 bits per heavy atom. The van der Waals surface area contributed by atoms with E-state index in [0.717, 1.165) is 58.1 Å². The van der Waals surface area contributed by atoms with Gasteiger partial charge in [-0.3, -0.25) is 4.79 Å². The fourth-order valence-corrected chi connectivity index (χ4v) is 4.68. The Labute approximate surface area is 194 Å². The van der Waals surface area contributed by atoms with Crippen molar-refractivity contribution < 1.29 is 19.0 Å². The molecule has 2 aromatic heterocycles. The van der Waals surface area contributed by atoms with Gasteiger partial charge in [0.05, 0.1) is 27.8 Å². The molecule has 1 N–H and O–H groups in total.